The first-order valence-electron chi connectivity index (χ1n) is 6.63. The van der Waals surface area contributed by atoms with Gasteiger partial charge in [0.1, 0.15) is 0 Å². The van der Waals surface area contributed by atoms with Crippen molar-refractivity contribution in [1.82, 2.24) is 10.6 Å². The van der Waals surface area contributed by atoms with Gasteiger partial charge in [0.15, 0.2) is 12.4 Å². The van der Waals surface area contributed by atoms with E-state index < -0.39 is 17.4 Å². The van der Waals surface area contributed by atoms with Gasteiger partial charge in [-0.1, -0.05) is 12.1 Å². The molecule has 1 aromatic carbocycles. The summed E-state index contributed by atoms with van der Waals surface area (Å²) in [5, 5.41) is 15.9. The number of benzene rings is 1. The zero-order chi connectivity index (χ0) is 16.8. The average molecular weight is 309 g/mol. The number of para-hydroxylation sites is 2. The van der Waals surface area contributed by atoms with Crippen LogP contribution in [0.2, 0.25) is 0 Å². The lowest BCUT2D eigenvalue weighted by molar-refractivity contribution is -0.385. The Balaban J connectivity index is 2.44. The maximum absolute atomic E-state index is 11.6. The number of ether oxygens (including phenoxy) is 1. The third-order valence-electron chi connectivity index (χ3n) is 2.38. The highest BCUT2D eigenvalue weighted by Gasteiger charge is 2.16. The number of hydrogen-bond donors (Lipinski definition) is 2. The van der Waals surface area contributed by atoms with E-state index in [1.807, 2.05) is 20.8 Å². The van der Waals surface area contributed by atoms with E-state index in [-0.39, 0.29) is 29.4 Å². The average Bonchev–Trinajstić information content (AvgIpc) is 2.41. The van der Waals surface area contributed by atoms with Crippen LogP contribution in [-0.4, -0.2) is 35.4 Å². The van der Waals surface area contributed by atoms with Crippen molar-refractivity contribution in [1.29, 1.82) is 0 Å². The number of rotatable bonds is 6. The van der Waals surface area contributed by atoms with Crippen LogP contribution < -0.4 is 15.4 Å². The Kier molecular flexibility index (Phi) is 5.85. The van der Waals surface area contributed by atoms with Crippen molar-refractivity contribution in [2.45, 2.75) is 26.3 Å². The number of carbonyl (C=O) groups is 2. The molecule has 120 valence electrons. The summed E-state index contributed by atoms with van der Waals surface area (Å²) in [6.45, 7) is 4.88. The van der Waals surface area contributed by atoms with Gasteiger partial charge in [-0.3, -0.25) is 19.7 Å². The van der Waals surface area contributed by atoms with Crippen LogP contribution >= 0.6 is 0 Å². The summed E-state index contributed by atoms with van der Waals surface area (Å²) >= 11 is 0. The Morgan fingerprint density at radius 2 is 1.86 bits per heavy atom. The molecule has 0 atom stereocenters. The maximum atomic E-state index is 11.6. The zero-order valence-electron chi connectivity index (χ0n) is 12.7. The van der Waals surface area contributed by atoms with E-state index >= 15 is 0 Å². The van der Waals surface area contributed by atoms with Gasteiger partial charge in [-0.15, -0.1) is 0 Å². The molecule has 0 heterocycles. The second kappa shape index (κ2) is 7.39. The first-order valence-corrected chi connectivity index (χ1v) is 6.63. The van der Waals surface area contributed by atoms with Crippen LogP contribution in [0.1, 0.15) is 20.8 Å². The molecule has 8 heteroatoms. The third kappa shape index (κ3) is 6.21. The lowest BCUT2D eigenvalue weighted by Gasteiger charge is -2.20. The quantitative estimate of drug-likeness (QED) is 0.601. The van der Waals surface area contributed by atoms with Gasteiger partial charge < -0.3 is 15.4 Å². The summed E-state index contributed by atoms with van der Waals surface area (Å²) < 4.78 is 5.11. The van der Waals surface area contributed by atoms with Gasteiger partial charge in [0.05, 0.1) is 11.5 Å². The second-order valence-corrected chi connectivity index (χ2v) is 5.59. The monoisotopic (exact) mass is 309 g/mol. The SMILES string of the molecule is CC(C)(C)NC(=O)CNC(=O)COc1ccccc1[N+](=O)[O-]. The van der Waals surface area contributed by atoms with E-state index in [1.54, 1.807) is 6.07 Å². The predicted molar refractivity (Wildman–Crippen MR) is 79.5 cm³/mol. The third-order valence-corrected chi connectivity index (χ3v) is 2.38. The standard InChI is InChI=1S/C14H19N3O5/c1-14(2,3)16-12(18)8-15-13(19)9-22-11-7-5-4-6-10(11)17(20)21/h4-7H,8-9H2,1-3H3,(H,15,19)(H,16,18). The molecule has 0 aliphatic rings. The number of nitro groups is 1. The molecule has 0 aromatic heterocycles. The molecule has 0 aliphatic carbocycles. The van der Waals surface area contributed by atoms with E-state index in [0.717, 1.165) is 0 Å². The van der Waals surface area contributed by atoms with E-state index in [2.05, 4.69) is 10.6 Å². The fourth-order valence-corrected chi connectivity index (χ4v) is 1.57. The van der Waals surface area contributed by atoms with Gasteiger partial charge in [0, 0.05) is 11.6 Å². The minimum Gasteiger partial charge on any atom is -0.477 e. The molecule has 2 amide bonds. The van der Waals surface area contributed by atoms with Gasteiger partial charge >= 0.3 is 5.69 Å². The minimum atomic E-state index is -0.593. The number of amides is 2. The van der Waals surface area contributed by atoms with Crippen LogP contribution in [0.25, 0.3) is 0 Å². The molecule has 0 saturated heterocycles. The topological polar surface area (TPSA) is 111 Å². The van der Waals surface area contributed by atoms with Crippen molar-refractivity contribution in [3.05, 3.63) is 34.4 Å². The van der Waals surface area contributed by atoms with Crippen LogP contribution in [0.3, 0.4) is 0 Å². The maximum Gasteiger partial charge on any atom is 0.310 e. The normalized spacial score (nSPS) is 10.7. The molecule has 0 saturated carbocycles. The van der Waals surface area contributed by atoms with Crippen molar-refractivity contribution in [3.63, 3.8) is 0 Å². The molecule has 2 N–H and O–H groups in total. The van der Waals surface area contributed by atoms with Gasteiger partial charge in [-0.2, -0.15) is 0 Å². The Morgan fingerprint density at radius 3 is 2.45 bits per heavy atom. The summed E-state index contributed by atoms with van der Waals surface area (Å²) in [6, 6.07) is 5.75. The Morgan fingerprint density at radius 1 is 1.23 bits per heavy atom. The predicted octanol–water partition coefficient (Wildman–Crippen LogP) is 1.00. The smallest absolute Gasteiger partial charge is 0.310 e. The Hall–Kier alpha value is -2.64. The highest BCUT2D eigenvalue weighted by Crippen LogP contribution is 2.25. The summed E-state index contributed by atoms with van der Waals surface area (Å²) in [5.74, 6) is -0.865. The van der Waals surface area contributed by atoms with Gasteiger partial charge in [-0.25, -0.2) is 0 Å². The van der Waals surface area contributed by atoms with Crippen molar-refractivity contribution < 1.29 is 19.2 Å². The van der Waals surface area contributed by atoms with Gasteiger partial charge in [0.25, 0.3) is 5.91 Å². The van der Waals surface area contributed by atoms with Crippen LogP contribution in [0.15, 0.2) is 24.3 Å². The molecule has 8 nitrogen and oxygen atoms in total. The van der Waals surface area contributed by atoms with Crippen LogP contribution in [0, 0.1) is 10.1 Å². The summed E-state index contributed by atoms with van der Waals surface area (Å²) in [4.78, 5) is 33.3. The fraction of sp³-hybridized carbons (Fsp3) is 0.429. The summed E-state index contributed by atoms with van der Waals surface area (Å²) in [6.07, 6.45) is 0. The lowest BCUT2D eigenvalue weighted by Crippen LogP contribution is -2.46. The summed E-state index contributed by atoms with van der Waals surface area (Å²) in [7, 11) is 0. The molecule has 1 aromatic rings. The number of nitrogens with zero attached hydrogens (tertiary/aromatic N) is 1. The number of nitrogens with one attached hydrogen (secondary N) is 2. The van der Waals surface area contributed by atoms with E-state index in [9.17, 15) is 19.7 Å². The van der Waals surface area contributed by atoms with E-state index in [1.165, 1.54) is 18.2 Å². The second-order valence-electron chi connectivity index (χ2n) is 5.59. The first kappa shape index (κ1) is 17.4. The van der Waals surface area contributed by atoms with E-state index in [0.29, 0.717) is 0 Å². The zero-order valence-corrected chi connectivity index (χ0v) is 12.7. The fourth-order valence-electron chi connectivity index (χ4n) is 1.57. The number of nitro benzene ring substituents is 1. The first-order chi connectivity index (χ1) is 10.2. The lowest BCUT2D eigenvalue weighted by atomic mass is 10.1. The Labute approximate surface area is 128 Å². The van der Waals surface area contributed by atoms with Crippen molar-refractivity contribution in [2.24, 2.45) is 0 Å². The van der Waals surface area contributed by atoms with Crippen molar-refractivity contribution in [3.8, 4) is 5.75 Å². The van der Waals surface area contributed by atoms with Crippen LogP contribution in [-0.2, 0) is 9.59 Å². The summed E-state index contributed by atoms with van der Waals surface area (Å²) in [5.41, 5.74) is -0.607. The molecule has 1 rings (SSSR count). The molecule has 0 aliphatic heterocycles. The molecular weight excluding hydrogens is 290 g/mol. The molecule has 0 bridgehead atoms. The van der Waals surface area contributed by atoms with Gasteiger partial charge in [0.2, 0.25) is 5.91 Å². The largest absolute Gasteiger partial charge is 0.477 e. The molecular formula is C14H19N3O5. The number of hydrogen-bond acceptors (Lipinski definition) is 5. The molecule has 0 unspecified atom stereocenters. The number of carbonyl (C=O) groups excluding carboxylic acids is 2. The molecule has 0 fully saturated rings. The van der Waals surface area contributed by atoms with E-state index in [4.69, 9.17) is 4.74 Å². The highest BCUT2D eigenvalue weighted by molar-refractivity contribution is 5.85. The van der Waals surface area contributed by atoms with Crippen molar-refractivity contribution in [2.75, 3.05) is 13.2 Å². The minimum absolute atomic E-state index is 0.00166. The highest BCUT2D eigenvalue weighted by atomic mass is 16.6. The van der Waals surface area contributed by atoms with Crippen LogP contribution in [0.4, 0.5) is 5.69 Å². The van der Waals surface area contributed by atoms with Crippen LogP contribution in [0.5, 0.6) is 5.75 Å². The van der Waals surface area contributed by atoms with Gasteiger partial charge in [-0.05, 0) is 26.8 Å². The molecule has 0 spiro atoms. The molecule has 22 heavy (non-hydrogen) atoms. The molecule has 0 radical (unpaired) electrons. The Bertz CT molecular complexity index is 566. The van der Waals surface area contributed by atoms with Crippen molar-refractivity contribution >= 4 is 17.5 Å².